The number of halogens is 2. The van der Waals surface area contributed by atoms with Gasteiger partial charge in [-0.1, -0.05) is 5.16 Å². The van der Waals surface area contributed by atoms with E-state index in [1.54, 1.807) is 16.8 Å². The van der Waals surface area contributed by atoms with Gasteiger partial charge in [-0.25, -0.2) is 9.07 Å². The van der Waals surface area contributed by atoms with Gasteiger partial charge in [0.15, 0.2) is 5.82 Å². The maximum absolute atomic E-state index is 13.1. The monoisotopic (exact) mass is 365 g/mol. The first-order valence-corrected chi connectivity index (χ1v) is 7.82. The molecule has 0 saturated carbocycles. The van der Waals surface area contributed by atoms with Crippen LogP contribution in [0.15, 0.2) is 28.8 Å². The van der Waals surface area contributed by atoms with Crippen molar-refractivity contribution in [3.8, 4) is 17.1 Å². The Morgan fingerprint density at radius 3 is 2.56 bits per heavy atom. The summed E-state index contributed by atoms with van der Waals surface area (Å²) in [6, 6.07) is 6.46. The van der Waals surface area contributed by atoms with E-state index in [1.807, 2.05) is 20.9 Å². The molecule has 0 radical (unpaired) electrons. The average Bonchev–Trinajstić information content (AvgIpc) is 3.12. The fraction of sp³-hybridized carbons (Fsp3) is 0.353. The molecule has 0 amide bonds. The number of hydrogen-bond donors (Lipinski definition) is 1. The van der Waals surface area contributed by atoms with Gasteiger partial charge in [-0.2, -0.15) is 10.1 Å². The van der Waals surface area contributed by atoms with Crippen LogP contribution in [-0.2, 0) is 6.42 Å². The molecule has 0 aliphatic heterocycles. The lowest BCUT2D eigenvalue weighted by atomic mass is 10.2. The summed E-state index contributed by atoms with van der Waals surface area (Å²) in [5.74, 6) is 0.831. The van der Waals surface area contributed by atoms with Crippen molar-refractivity contribution in [1.82, 2.24) is 25.2 Å². The van der Waals surface area contributed by atoms with Gasteiger partial charge in [0.05, 0.1) is 22.6 Å². The van der Waals surface area contributed by atoms with Gasteiger partial charge in [0, 0.05) is 12.5 Å². The molecule has 0 spiro atoms. The lowest BCUT2D eigenvalue weighted by Crippen LogP contribution is -2.24. The predicted octanol–water partition coefficient (Wildman–Crippen LogP) is 3.25. The second-order valence-corrected chi connectivity index (χ2v) is 5.84. The summed E-state index contributed by atoms with van der Waals surface area (Å²) >= 11 is 0. The molecule has 25 heavy (non-hydrogen) atoms. The highest BCUT2D eigenvalue weighted by Gasteiger charge is 2.20. The molecule has 3 rings (SSSR count). The molecule has 0 saturated heterocycles. The molecule has 134 valence electrons. The first-order chi connectivity index (χ1) is 11.5. The topological polar surface area (TPSA) is 68.8 Å². The van der Waals surface area contributed by atoms with Gasteiger partial charge >= 0.3 is 0 Å². The molecule has 3 aromatic rings. The summed E-state index contributed by atoms with van der Waals surface area (Å²) in [6.45, 7) is 5.88. The van der Waals surface area contributed by atoms with Crippen LogP contribution in [0.1, 0.15) is 24.1 Å². The summed E-state index contributed by atoms with van der Waals surface area (Å²) in [5.41, 5.74) is 3.26. The molecule has 0 aliphatic carbocycles. The summed E-state index contributed by atoms with van der Waals surface area (Å²) < 4.78 is 20.3. The lowest BCUT2D eigenvalue weighted by molar-refractivity contribution is 0.418. The van der Waals surface area contributed by atoms with E-state index < -0.39 is 0 Å². The number of aromatic nitrogens is 4. The molecule has 8 heteroatoms. The van der Waals surface area contributed by atoms with Crippen LogP contribution in [0, 0.1) is 19.7 Å². The molecule has 1 atom stereocenters. The normalized spacial score (nSPS) is 12.0. The van der Waals surface area contributed by atoms with Crippen LogP contribution in [-0.4, -0.2) is 33.0 Å². The Labute approximate surface area is 151 Å². The zero-order valence-electron chi connectivity index (χ0n) is 14.6. The Morgan fingerprint density at radius 1 is 1.24 bits per heavy atom. The van der Waals surface area contributed by atoms with Gasteiger partial charge in [-0.15, -0.1) is 12.4 Å². The highest BCUT2D eigenvalue weighted by atomic mass is 35.5. The van der Waals surface area contributed by atoms with Crippen LogP contribution in [0.2, 0.25) is 0 Å². The third-order valence-corrected chi connectivity index (χ3v) is 4.03. The van der Waals surface area contributed by atoms with Crippen molar-refractivity contribution in [2.45, 2.75) is 33.2 Å². The lowest BCUT2D eigenvalue weighted by Gasteiger charge is -2.05. The van der Waals surface area contributed by atoms with Gasteiger partial charge in [-0.3, -0.25) is 0 Å². The smallest absolute Gasteiger partial charge is 0.261 e. The van der Waals surface area contributed by atoms with Crippen molar-refractivity contribution in [2.24, 2.45) is 0 Å². The molecule has 0 bridgehead atoms. The van der Waals surface area contributed by atoms with Gasteiger partial charge in [-0.05, 0) is 52.1 Å². The maximum atomic E-state index is 13.1. The van der Waals surface area contributed by atoms with Crippen LogP contribution in [0.25, 0.3) is 17.1 Å². The second-order valence-electron chi connectivity index (χ2n) is 5.84. The average molecular weight is 366 g/mol. The molecule has 2 heterocycles. The molecule has 0 fully saturated rings. The molecule has 1 N–H and O–H groups in total. The van der Waals surface area contributed by atoms with Crippen LogP contribution < -0.4 is 5.32 Å². The molecule has 2 aromatic heterocycles. The first kappa shape index (κ1) is 19.1. The minimum Gasteiger partial charge on any atom is -0.334 e. The number of aryl methyl sites for hydroxylation is 1. The van der Waals surface area contributed by atoms with Gasteiger partial charge in [0.25, 0.3) is 5.89 Å². The van der Waals surface area contributed by atoms with E-state index in [1.165, 1.54) is 12.1 Å². The number of rotatable bonds is 5. The van der Waals surface area contributed by atoms with Crippen LogP contribution in [0.5, 0.6) is 0 Å². The first-order valence-electron chi connectivity index (χ1n) is 7.82. The molecular weight excluding hydrogens is 345 g/mol. The molecule has 1 aromatic carbocycles. The largest absolute Gasteiger partial charge is 0.334 e. The number of likely N-dealkylation sites (N-methyl/N-ethyl adjacent to an activating group) is 1. The molecule has 6 nitrogen and oxygen atoms in total. The highest BCUT2D eigenvalue weighted by Crippen LogP contribution is 2.27. The summed E-state index contributed by atoms with van der Waals surface area (Å²) in [7, 11) is 1.90. The molecule has 0 aliphatic rings. The van der Waals surface area contributed by atoms with E-state index in [0.717, 1.165) is 22.6 Å². The fourth-order valence-corrected chi connectivity index (χ4v) is 2.60. The summed E-state index contributed by atoms with van der Waals surface area (Å²) in [5, 5.41) is 11.7. The summed E-state index contributed by atoms with van der Waals surface area (Å²) in [6.07, 6.45) is 0.685. The van der Waals surface area contributed by atoms with E-state index in [-0.39, 0.29) is 24.3 Å². The zero-order chi connectivity index (χ0) is 17.3. The maximum Gasteiger partial charge on any atom is 0.261 e. The van der Waals surface area contributed by atoms with Gasteiger partial charge in [0.1, 0.15) is 5.82 Å². The quantitative estimate of drug-likeness (QED) is 0.751. The van der Waals surface area contributed by atoms with E-state index in [9.17, 15) is 4.39 Å². The van der Waals surface area contributed by atoms with Gasteiger partial charge in [0.2, 0.25) is 0 Å². The van der Waals surface area contributed by atoms with Crippen LogP contribution in [0.4, 0.5) is 4.39 Å². The van der Waals surface area contributed by atoms with E-state index in [4.69, 9.17) is 4.52 Å². The molecule has 1 unspecified atom stereocenters. The van der Waals surface area contributed by atoms with E-state index in [2.05, 4.69) is 27.5 Å². The standard InChI is InChI=1S/C17H20FN5O.ClH/c1-10(19-4)9-15-20-17(24-22-15)16-11(2)21-23(12(16)3)14-7-5-13(18)6-8-14;/h5-8,10,19H,9H2,1-4H3;1H. The number of benzene rings is 1. The van der Waals surface area contributed by atoms with Crippen molar-refractivity contribution < 1.29 is 8.91 Å². The van der Waals surface area contributed by atoms with E-state index in [0.29, 0.717) is 18.1 Å². The number of hydrogen-bond acceptors (Lipinski definition) is 5. The SMILES string of the molecule is CNC(C)Cc1noc(-c2c(C)nn(-c3ccc(F)cc3)c2C)n1.Cl. The minimum atomic E-state index is -0.277. The Morgan fingerprint density at radius 2 is 1.92 bits per heavy atom. The predicted molar refractivity (Wildman–Crippen MR) is 95.8 cm³/mol. The third kappa shape index (κ3) is 3.88. The van der Waals surface area contributed by atoms with Crippen molar-refractivity contribution >= 4 is 12.4 Å². The van der Waals surface area contributed by atoms with Crippen LogP contribution in [0.3, 0.4) is 0 Å². The Kier molecular flexibility index (Phi) is 5.92. The van der Waals surface area contributed by atoms with Crippen molar-refractivity contribution in [1.29, 1.82) is 0 Å². The number of nitrogens with zero attached hydrogens (tertiary/aromatic N) is 4. The Bertz CT molecular complexity index is 843. The Balaban J connectivity index is 0.00000225. The summed E-state index contributed by atoms with van der Waals surface area (Å²) in [4.78, 5) is 4.48. The van der Waals surface area contributed by atoms with Crippen molar-refractivity contribution in [3.05, 3.63) is 47.3 Å². The van der Waals surface area contributed by atoms with Gasteiger partial charge < -0.3 is 9.84 Å². The second kappa shape index (κ2) is 7.76. The Hall–Kier alpha value is -2.25. The fourth-order valence-electron chi connectivity index (χ4n) is 2.60. The van der Waals surface area contributed by atoms with Crippen molar-refractivity contribution in [3.63, 3.8) is 0 Å². The van der Waals surface area contributed by atoms with Crippen molar-refractivity contribution in [2.75, 3.05) is 7.05 Å². The third-order valence-electron chi connectivity index (χ3n) is 4.03. The van der Waals surface area contributed by atoms with E-state index >= 15 is 0 Å². The number of nitrogens with one attached hydrogen (secondary N) is 1. The minimum absolute atomic E-state index is 0. The zero-order valence-corrected chi connectivity index (χ0v) is 15.4. The van der Waals surface area contributed by atoms with Crippen LogP contribution >= 0.6 is 12.4 Å². The highest BCUT2D eigenvalue weighted by molar-refractivity contribution is 5.85. The molecular formula is C17H21ClFN5O.